The van der Waals surface area contributed by atoms with E-state index in [0.717, 1.165) is 0 Å². The lowest BCUT2D eigenvalue weighted by Crippen LogP contribution is -1.77. The van der Waals surface area contributed by atoms with Crippen molar-refractivity contribution >= 4 is 0 Å². The van der Waals surface area contributed by atoms with Crippen molar-refractivity contribution in [3.05, 3.63) is 36.5 Å². The van der Waals surface area contributed by atoms with Crippen LogP contribution in [0.2, 0.25) is 0 Å². The predicted molar refractivity (Wildman–Crippen MR) is 58.4 cm³/mol. The lowest BCUT2D eigenvalue weighted by molar-refractivity contribution is 0.622. The van der Waals surface area contributed by atoms with Crippen molar-refractivity contribution in [1.82, 2.24) is 0 Å². The Morgan fingerprint density at radius 3 is 2.31 bits per heavy atom. The third kappa shape index (κ3) is 6.39. The zero-order chi connectivity index (χ0) is 9.19. The number of hydrogen-bond acceptors (Lipinski definition) is 0. The molecular weight excluding hydrogens is 156 g/mol. The van der Waals surface area contributed by atoms with Gasteiger partial charge in [-0.1, -0.05) is 49.6 Å². The molecule has 0 saturated carbocycles. The number of hydrogen-bond donors (Lipinski definition) is 0. The summed E-state index contributed by atoms with van der Waals surface area (Å²) < 4.78 is 0. The summed E-state index contributed by atoms with van der Waals surface area (Å²) in [6.45, 7) is 0. The highest BCUT2D eigenvalue weighted by molar-refractivity contribution is 5.05. The van der Waals surface area contributed by atoms with Crippen LogP contribution in [0.15, 0.2) is 30.4 Å². The van der Waals surface area contributed by atoms with E-state index in [1.54, 1.807) is 0 Å². The quantitative estimate of drug-likeness (QED) is 0.517. The van der Waals surface area contributed by atoms with E-state index >= 15 is 0 Å². The van der Waals surface area contributed by atoms with Crippen molar-refractivity contribution in [2.75, 3.05) is 0 Å². The molecule has 0 aromatic carbocycles. The van der Waals surface area contributed by atoms with E-state index in [2.05, 4.69) is 24.3 Å². The van der Waals surface area contributed by atoms with Gasteiger partial charge in [-0.3, -0.25) is 0 Å². The number of allylic oxidation sites excluding steroid dienone is 6. The van der Waals surface area contributed by atoms with Gasteiger partial charge in [0.05, 0.1) is 0 Å². The maximum absolute atomic E-state index is 3.13. The monoisotopic (exact) mass is 175 g/mol. The van der Waals surface area contributed by atoms with Gasteiger partial charge in [-0.15, -0.1) is 0 Å². The molecule has 0 aromatic heterocycles. The highest BCUT2D eigenvalue weighted by Gasteiger charge is 1.88. The van der Waals surface area contributed by atoms with Crippen LogP contribution in [0.3, 0.4) is 0 Å². The molecule has 0 aromatic rings. The second-order valence-electron chi connectivity index (χ2n) is 3.51. The van der Waals surface area contributed by atoms with E-state index in [4.69, 9.17) is 0 Å². The van der Waals surface area contributed by atoms with Gasteiger partial charge in [0.1, 0.15) is 0 Å². The largest absolute Gasteiger partial charge is 0.0845 e. The second kappa shape index (κ2) is 7.85. The lowest BCUT2D eigenvalue weighted by Gasteiger charge is -1.97. The van der Waals surface area contributed by atoms with Crippen molar-refractivity contribution in [2.45, 2.75) is 44.9 Å². The van der Waals surface area contributed by atoms with E-state index in [1.165, 1.54) is 44.9 Å². The minimum absolute atomic E-state index is 1.21. The van der Waals surface area contributed by atoms with E-state index in [9.17, 15) is 0 Å². The molecule has 0 bridgehead atoms. The molecule has 0 nitrogen and oxygen atoms in total. The van der Waals surface area contributed by atoms with E-state index in [0.29, 0.717) is 0 Å². The van der Waals surface area contributed by atoms with Gasteiger partial charge >= 0.3 is 0 Å². The summed E-state index contributed by atoms with van der Waals surface area (Å²) in [6.07, 6.45) is 23.0. The van der Waals surface area contributed by atoms with Crippen LogP contribution in [0, 0.1) is 6.08 Å². The van der Waals surface area contributed by atoms with Gasteiger partial charge in [0.2, 0.25) is 0 Å². The molecule has 0 fully saturated rings. The van der Waals surface area contributed by atoms with Crippen LogP contribution < -0.4 is 0 Å². The fourth-order valence-electron chi connectivity index (χ4n) is 1.48. The maximum atomic E-state index is 3.13. The molecule has 1 rings (SSSR count). The summed E-state index contributed by atoms with van der Waals surface area (Å²) in [5, 5.41) is 0. The summed E-state index contributed by atoms with van der Waals surface area (Å²) in [6, 6.07) is 0. The van der Waals surface area contributed by atoms with E-state index in [1.807, 2.05) is 12.2 Å². The Hall–Kier alpha value is -0.780. The summed E-state index contributed by atoms with van der Waals surface area (Å²) in [5.74, 6) is 0. The Morgan fingerprint density at radius 2 is 1.46 bits per heavy atom. The van der Waals surface area contributed by atoms with Gasteiger partial charge < -0.3 is 0 Å². The highest BCUT2D eigenvalue weighted by Crippen LogP contribution is 2.08. The molecule has 71 valence electrons. The smallest absolute Gasteiger partial charge is 0.0187 e. The van der Waals surface area contributed by atoms with Crippen molar-refractivity contribution in [3.63, 3.8) is 0 Å². The number of rotatable bonds is 0. The van der Waals surface area contributed by atoms with Gasteiger partial charge in [0, 0.05) is 0 Å². The minimum atomic E-state index is 1.21. The predicted octanol–water partition coefficient (Wildman–Crippen LogP) is 4.20. The summed E-state index contributed by atoms with van der Waals surface area (Å²) in [4.78, 5) is 0. The third-order valence-corrected chi connectivity index (χ3v) is 2.28. The van der Waals surface area contributed by atoms with Crippen molar-refractivity contribution < 1.29 is 0 Å². The molecule has 0 unspecified atom stereocenters. The average molecular weight is 175 g/mol. The molecule has 1 aliphatic carbocycles. The molecule has 0 atom stereocenters. The summed E-state index contributed by atoms with van der Waals surface area (Å²) in [5.41, 5.74) is 0. The molecule has 0 aliphatic heterocycles. The van der Waals surface area contributed by atoms with Crippen molar-refractivity contribution in [1.29, 1.82) is 0 Å². The molecular formula is C13H19. The zero-order valence-electron chi connectivity index (χ0n) is 8.34. The van der Waals surface area contributed by atoms with Crippen LogP contribution in [0.25, 0.3) is 0 Å². The summed E-state index contributed by atoms with van der Waals surface area (Å²) in [7, 11) is 0. The van der Waals surface area contributed by atoms with Gasteiger partial charge in [0.15, 0.2) is 0 Å². The maximum Gasteiger partial charge on any atom is -0.0187 e. The SMILES string of the molecule is [C]1=CC=CCCCCCCCC=C1. The fourth-order valence-corrected chi connectivity index (χ4v) is 1.48. The van der Waals surface area contributed by atoms with Crippen LogP contribution in [0.1, 0.15) is 44.9 Å². The molecule has 0 heterocycles. The molecule has 0 spiro atoms. The van der Waals surface area contributed by atoms with Crippen molar-refractivity contribution in [3.8, 4) is 0 Å². The van der Waals surface area contributed by atoms with Crippen LogP contribution in [-0.2, 0) is 0 Å². The second-order valence-corrected chi connectivity index (χ2v) is 3.51. The summed E-state index contributed by atoms with van der Waals surface area (Å²) >= 11 is 0. The van der Waals surface area contributed by atoms with Crippen LogP contribution in [-0.4, -0.2) is 0 Å². The molecule has 13 heavy (non-hydrogen) atoms. The molecule has 0 amide bonds. The molecule has 1 aliphatic rings. The Kier molecular flexibility index (Phi) is 6.22. The normalized spacial score (nSPS) is 20.3. The third-order valence-electron chi connectivity index (χ3n) is 2.28. The van der Waals surface area contributed by atoms with Crippen molar-refractivity contribution in [2.24, 2.45) is 0 Å². The standard InChI is InChI=1S/C13H19/c1-2-4-6-8-10-12-13-11-9-7-5-3-1/h1-3,7,9H,4,6,8,10-13H2. The Labute approximate surface area is 82.0 Å². The Balaban J connectivity index is 2.29. The van der Waals surface area contributed by atoms with Gasteiger partial charge in [-0.05, 0) is 31.8 Å². The zero-order valence-corrected chi connectivity index (χ0v) is 8.34. The van der Waals surface area contributed by atoms with Gasteiger partial charge in [-0.25, -0.2) is 0 Å². The Bertz CT molecular complexity index is 164. The highest BCUT2D eigenvalue weighted by atomic mass is 13.9. The lowest BCUT2D eigenvalue weighted by atomic mass is 10.1. The average Bonchev–Trinajstić information content (AvgIpc) is 2.18. The first-order valence-electron chi connectivity index (χ1n) is 5.39. The fraction of sp³-hybridized carbons (Fsp3) is 0.538. The molecule has 0 N–H and O–H groups in total. The topological polar surface area (TPSA) is 0 Å². The van der Waals surface area contributed by atoms with E-state index in [-0.39, 0.29) is 0 Å². The van der Waals surface area contributed by atoms with Crippen LogP contribution >= 0.6 is 0 Å². The first kappa shape index (κ1) is 10.3. The first-order chi connectivity index (χ1) is 6.50. The molecule has 1 radical (unpaired) electrons. The van der Waals surface area contributed by atoms with E-state index < -0.39 is 0 Å². The van der Waals surface area contributed by atoms with Gasteiger partial charge in [0.25, 0.3) is 0 Å². The Morgan fingerprint density at radius 1 is 0.769 bits per heavy atom. The van der Waals surface area contributed by atoms with Crippen LogP contribution in [0.5, 0.6) is 0 Å². The first-order valence-corrected chi connectivity index (χ1v) is 5.39. The molecule has 0 heteroatoms. The minimum Gasteiger partial charge on any atom is -0.0845 e. The van der Waals surface area contributed by atoms with Gasteiger partial charge in [-0.2, -0.15) is 0 Å². The molecule has 0 saturated heterocycles. The van der Waals surface area contributed by atoms with Crippen LogP contribution in [0.4, 0.5) is 0 Å².